The summed E-state index contributed by atoms with van der Waals surface area (Å²) in [4.78, 5) is 0. The Labute approximate surface area is 68.8 Å². The summed E-state index contributed by atoms with van der Waals surface area (Å²) in [6, 6.07) is 0. The first-order chi connectivity index (χ1) is 3.56. The van der Waals surface area contributed by atoms with E-state index in [2.05, 4.69) is 27.7 Å². The van der Waals surface area contributed by atoms with E-state index >= 15 is 0 Å². The summed E-state index contributed by atoms with van der Waals surface area (Å²) in [5, 5.41) is 0. The van der Waals surface area contributed by atoms with Gasteiger partial charge in [-0.15, -0.1) is 0 Å². The molecule has 0 saturated carbocycles. The Kier molecular flexibility index (Phi) is 7.65. The Bertz CT molecular complexity index is 56.4. The Morgan fingerprint density at radius 1 is 1.22 bits per heavy atom. The second kappa shape index (κ2) is 5.54. The molecule has 9 heavy (non-hydrogen) atoms. The van der Waals surface area contributed by atoms with Crippen LogP contribution in [0.25, 0.3) is 0 Å². The van der Waals surface area contributed by atoms with E-state index in [1.807, 2.05) is 0 Å². The van der Waals surface area contributed by atoms with Gasteiger partial charge in [0.25, 0.3) is 0 Å². The van der Waals surface area contributed by atoms with Gasteiger partial charge in [-0.3, -0.25) is 0 Å². The SMILES string of the molecule is CC[CH2][SnH][C](C)(C)C.O. The van der Waals surface area contributed by atoms with E-state index in [1.165, 1.54) is 6.42 Å². The van der Waals surface area contributed by atoms with Crippen molar-refractivity contribution in [2.45, 2.75) is 42.0 Å². The summed E-state index contributed by atoms with van der Waals surface area (Å²) in [6.45, 7) is 9.43. The van der Waals surface area contributed by atoms with Crippen LogP contribution < -0.4 is 0 Å². The van der Waals surface area contributed by atoms with Crippen molar-refractivity contribution < 1.29 is 5.48 Å². The summed E-state index contributed by atoms with van der Waals surface area (Å²) < 4.78 is 2.31. The van der Waals surface area contributed by atoms with Crippen LogP contribution in [0.1, 0.15) is 34.1 Å². The van der Waals surface area contributed by atoms with Crippen LogP contribution in [0.2, 0.25) is 7.87 Å². The van der Waals surface area contributed by atoms with E-state index in [0.29, 0.717) is 0 Å². The van der Waals surface area contributed by atoms with Crippen molar-refractivity contribution in [1.29, 1.82) is 0 Å². The van der Waals surface area contributed by atoms with Gasteiger partial charge in [-0.25, -0.2) is 0 Å². The zero-order valence-electron chi connectivity index (χ0n) is 6.99. The molecular formula is C7H19OSn. The van der Waals surface area contributed by atoms with Crippen LogP contribution in [-0.2, 0) is 0 Å². The summed E-state index contributed by atoms with van der Waals surface area (Å²) in [5.74, 6) is 0. The zero-order valence-corrected chi connectivity index (χ0v) is 10.3. The van der Waals surface area contributed by atoms with Crippen molar-refractivity contribution in [3.8, 4) is 0 Å². The van der Waals surface area contributed by atoms with Crippen LogP contribution in [-0.4, -0.2) is 26.6 Å². The molecule has 2 heteroatoms. The Morgan fingerprint density at radius 2 is 1.67 bits per heavy atom. The summed E-state index contributed by atoms with van der Waals surface area (Å²) in [7, 11) is 0. The van der Waals surface area contributed by atoms with E-state index < -0.39 is 0 Å². The molecule has 0 unspecified atom stereocenters. The van der Waals surface area contributed by atoms with Gasteiger partial charge in [0.1, 0.15) is 0 Å². The number of hydrogen-bond donors (Lipinski definition) is 0. The minimum Gasteiger partial charge on any atom is -0.412 e. The molecule has 57 valence electrons. The van der Waals surface area contributed by atoms with E-state index in [9.17, 15) is 0 Å². The maximum Gasteiger partial charge on any atom is -0.412 e. The first-order valence-corrected chi connectivity index (χ1v) is 7.38. The second-order valence-corrected chi connectivity index (χ2v) is 11.1. The number of rotatable bonds is 2. The van der Waals surface area contributed by atoms with E-state index in [0.717, 1.165) is 3.43 Å². The Hall–Kier alpha value is 0.759. The van der Waals surface area contributed by atoms with Crippen LogP contribution in [0.3, 0.4) is 0 Å². The first kappa shape index (κ1) is 12.4. The van der Waals surface area contributed by atoms with Gasteiger partial charge in [0, 0.05) is 0 Å². The third kappa shape index (κ3) is 12.1. The molecule has 0 aromatic carbocycles. The van der Waals surface area contributed by atoms with Crippen LogP contribution in [0.4, 0.5) is 0 Å². The molecule has 0 aromatic heterocycles. The zero-order chi connectivity index (χ0) is 6.62. The van der Waals surface area contributed by atoms with Gasteiger partial charge in [-0.05, 0) is 0 Å². The van der Waals surface area contributed by atoms with Crippen molar-refractivity contribution in [2.75, 3.05) is 0 Å². The predicted molar refractivity (Wildman–Crippen MR) is 45.6 cm³/mol. The maximum atomic E-state index is 2.38. The monoisotopic (exact) mass is 239 g/mol. The number of hydrogen-bond acceptors (Lipinski definition) is 0. The molecule has 0 atom stereocenters. The Morgan fingerprint density at radius 3 is 1.78 bits per heavy atom. The molecule has 0 heterocycles. The molecule has 0 amide bonds. The van der Waals surface area contributed by atoms with Gasteiger partial charge in [0.15, 0.2) is 0 Å². The average molecular weight is 238 g/mol. The van der Waals surface area contributed by atoms with E-state index in [4.69, 9.17) is 0 Å². The predicted octanol–water partition coefficient (Wildman–Crippen LogP) is 1.64. The summed E-state index contributed by atoms with van der Waals surface area (Å²) >= 11 is -0.161. The molecule has 0 aliphatic rings. The van der Waals surface area contributed by atoms with Crippen molar-refractivity contribution in [2.24, 2.45) is 0 Å². The second-order valence-electron chi connectivity index (χ2n) is 3.36. The van der Waals surface area contributed by atoms with Gasteiger partial charge in [0.2, 0.25) is 0 Å². The Balaban J connectivity index is 0. The molecule has 0 saturated heterocycles. The van der Waals surface area contributed by atoms with E-state index in [-0.39, 0.29) is 26.6 Å². The van der Waals surface area contributed by atoms with Crippen LogP contribution in [0.15, 0.2) is 0 Å². The van der Waals surface area contributed by atoms with Gasteiger partial charge in [-0.2, -0.15) is 0 Å². The minimum absolute atomic E-state index is 0. The van der Waals surface area contributed by atoms with Crippen molar-refractivity contribution in [3.05, 3.63) is 0 Å². The molecule has 0 aliphatic carbocycles. The van der Waals surface area contributed by atoms with Crippen LogP contribution in [0.5, 0.6) is 0 Å². The summed E-state index contributed by atoms with van der Waals surface area (Å²) in [6.07, 6.45) is 1.42. The fourth-order valence-corrected chi connectivity index (χ4v) is 3.87. The van der Waals surface area contributed by atoms with Gasteiger partial charge < -0.3 is 5.48 Å². The molecule has 2 N–H and O–H groups in total. The normalized spacial score (nSPS) is 10.7. The largest absolute Gasteiger partial charge is 0.412 e. The molecule has 0 aliphatic heterocycles. The fourth-order valence-electron chi connectivity index (χ4n) is 0.577. The van der Waals surface area contributed by atoms with Crippen molar-refractivity contribution >= 4 is 21.1 Å². The van der Waals surface area contributed by atoms with Gasteiger partial charge in [0.05, 0.1) is 0 Å². The first-order valence-electron chi connectivity index (χ1n) is 3.40. The van der Waals surface area contributed by atoms with E-state index in [1.54, 1.807) is 4.44 Å². The van der Waals surface area contributed by atoms with Gasteiger partial charge >= 0.3 is 63.1 Å². The van der Waals surface area contributed by atoms with Gasteiger partial charge in [-0.1, -0.05) is 0 Å². The molecule has 0 spiro atoms. The average Bonchev–Trinajstić information content (AvgIpc) is 1.59. The van der Waals surface area contributed by atoms with Crippen molar-refractivity contribution in [1.82, 2.24) is 0 Å². The molecular weight excluding hydrogens is 219 g/mol. The van der Waals surface area contributed by atoms with Crippen LogP contribution >= 0.6 is 0 Å². The summed E-state index contributed by atoms with van der Waals surface area (Å²) in [5.41, 5.74) is 0. The molecule has 0 fully saturated rings. The quantitative estimate of drug-likeness (QED) is 0.655. The molecule has 1 nitrogen and oxygen atoms in total. The molecule has 0 aromatic rings. The maximum absolute atomic E-state index is 2.38. The fraction of sp³-hybridized carbons (Fsp3) is 1.00. The molecule has 0 bridgehead atoms. The molecule has 1 radical (unpaired) electrons. The standard InChI is InChI=1S/C4H9.C3H7.H2O.Sn.H/c1-4(2)3;1-3-2;;;/h1-3H3;1,3H2,2H3;1H2;;. The van der Waals surface area contributed by atoms with Crippen molar-refractivity contribution in [3.63, 3.8) is 0 Å². The topological polar surface area (TPSA) is 31.5 Å². The molecule has 0 rings (SSSR count). The van der Waals surface area contributed by atoms with Crippen LogP contribution in [0, 0.1) is 0 Å². The third-order valence-corrected chi connectivity index (χ3v) is 7.01. The smallest absolute Gasteiger partial charge is 0.412 e. The minimum atomic E-state index is -0.161. The third-order valence-electron chi connectivity index (χ3n) is 1.05.